The Morgan fingerprint density at radius 3 is 3.07 bits per heavy atom. The number of hydrogen-bond acceptors (Lipinski definition) is 4. The topological polar surface area (TPSA) is 54.2 Å². The van der Waals surface area contributed by atoms with Crippen molar-refractivity contribution >= 4 is 11.5 Å². The highest BCUT2D eigenvalue weighted by Crippen LogP contribution is 2.30. The molecule has 0 amide bonds. The molecule has 0 aliphatic heterocycles. The molecule has 0 aromatic carbocycles. The predicted molar refractivity (Wildman–Crippen MR) is 58.0 cm³/mol. The molecule has 76 valence electrons. The Hall–Kier alpha value is -1.29. The first-order chi connectivity index (χ1) is 6.79. The summed E-state index contributed by atoms with van der Waals surface area (Å²) in [4.78, 5) is 6.32. The number of nitrogens with one attached hydrogen (secondary N) is 1. The Bertz CT molecular complexity index is 309. The molecule has 1 aliphatic carbocycles. The number of rotatable bonds is 4. The number of nitrogen functional groups attached to an aromatic ring is 1. The van der Waals surface area contributed by atoms with Crippen LogP contribution in [0, 0.1) is 5.92 Å². The highest BCUT2D eigenvalue weighted by Gasteiger charge is 2.22. The molecule has 0 spiro atoms. The Balaban J connectivity index is 2.05. The summed E-state index contributed by atoms with van der Waals surface area (Å²) in [6, 6.07) is 3.96. The number of hydrogen-bond donors (Lipinski definition) is 2. The molecule has 0 radical (unpaired) electrons. The van der Waals surface area contributed by atoms with Crippen molar-refractivity contribution in [2.24, 2.45) is 11.8 Å². The van der Waals surface area contributed by atoms with Gasteiger partial charge >= 0.3 is 0 Å². The van der Waals surface area contributed by atoms with Gasteiger partial charge in [-0.05, 0) is 24.8 Å². The first kappa shape index (κ1) is 9.27. The third-order valence-electron chi connectivity index (χ3n) is 2.56. The van der Waals surface area contributed by atoms with E-state index < -0.39 is 0 Å². The van der Waals surface area contributed by atoms with Gasteiger partial charge in [-0.3, -0.25) is 0 Å². The first-order valence-electron chi connectivity index (χ1n) is 4.93. The quantitative estimate of drug-likeness (QED) is 0.556. The molecule has 1 aromatic rings. The van der Waals surface area contributed by atoms with Crippen LogP contribution < -0.4 is 16.2 Å². The maximum absolute atomic E-state index is 5.30. The fourth-order valence-corrected chi connectivity index (χ4v) is 1.53. The normalized spacial score (nSPS) is 15.3. The summed E-state index contributed by atoms with van der Waals surface area (Å²) in [6.07, 6.45) is 4.52. The number of nitrogens with zero attached hydrogens (tertiary/aromatic N) is 2. The van der Waals surface area contributed by atoms with Gasteiger partial charge < -0.3 is 10.3 Å². The van der Waals surface area contributed by atoms with Crippen LogP contribution in [0.5, 0.6) is 0 Å². The van der Waals surface area contributed by atoms with Crippen LogP contribution in [0.2, 0.25) is 0 Å². The summed E-state index contributed by atoms with van der Waals surface area (Å²) < 4.78 is 0. The average molecular weight is 192 g/mol. The van der Waals surface area contributed by atoms with Crippen molar-refractivity contribution in [2.75, 3.05) is 23.9 Å². The van der Waals surface area contributed by atoms with E-state index in [0.717, 1.165) is 12.5 Å². The van der Waals surface area contributed by atoms with Crippen molar-refractivity contribution in [3.8, 4) is 0 Å². The zero-order chi connectivity index (χ0) is 9.97. The fourth-order valence-electron chi connectivity index (χ4n) is 1.53. The third kappa shape index (κ3) is 2.14. The second-order valence-corrected chi connectivity index (χ2v) is 3.87. The predicted octanol–water partition coefficient (Wildman–Crippen LogP) is 1.21. The van der Waals surface area contributed by atoms with Gasteiger partial charge in [0.25, 0.3) is 0 Å². The number of hydrazine groups is 1. The molecule has 3 N–H and O–H groups in total. The molecular formula is C10H16N4. The van der Waals surface area contributed by atoms with Crippen molar-refractivity contribution in [2.45, 2.75) is 12.8 Å². The standard InChI is InChI=1S/C10H16N4/c1-14(7-8-2-3-8)9-4-5-12-10(6-9)13-11/h4-6,8H,2-3,7,11H2,1H3,(H,12,13). The number of anilines is 2. The van der Waals surface area contributed by atoms with Gasteiger partial charge in [0.1, 0.15) is 5.82 Å². The smallest absolute Gasteiger partial charge is 0.141 e. The summed E-state index contributed by atoms with van der Waals surface area (Å²) in [6.45, 7) is 1.13. The van der Waals surface area contributed by atoms with E-state index in [0.29, 0.717) is 5.82 Å². The minimum absolute atomic E-state index is 0.713. The van der Waals surface area contributed by atoms with E-state index in [1.165, 1.54) is 18.5 Å². The Kier molecular flexibility index (Phi) is 2.54. The summed E-state index contributed by atoms with van der Waals surface area (Å²) in [5, 5.41) is 0. The Morgan fingerprint density at radius 1 is 1.64 bits per heavy atom. The van der Waals surface area contributed by atoms with E-state index in [1.807, 2.05) is 12.1 Å². The molecule has 1 aromatic heterocycles. The summed E-state index contributed by atoms with van der Waals surface area (Å²) in [5.41, 5.74) is 3.72. The zero-order valence-corrected chi connectivity index (χ0v) is 8.40. The summed E-state index contributed by atoms with van der Waals surface area (Å²) in [5.74, 6) is 6.91. The summed E-state index contributed by atoms with van der Waals surface area (Å²) in [7, 11) is 2.11. The van der Waals surface area contributed by atoms with Gasteiger partial charge in [-0.15, -0.1) is 0 Å². The van der Waals surface area contributed by atoms with E-state index in [9.17, 15) is 0 Å². The monoisotopic (exact) mass is 192 g/mol. The van der Waals surface area contributed by atoms with Crippen LogP contribution in [0.25, 0.3) is 0 Å². The van der Waals surface area contributed by atoms with Crippen molar-refractivity contribution in [1.29, 1.82) is 0 Å². The average Bonchev–Trinajstić information content (AvgIpc) is 3.02. The second-order valence-electron chi connectivity index (χ2n) is 3.87. The van der Waals surface area contributed by atoms with Crippen LogP contribution in [-0.4, -0.2) is 18.6 Å². The van der Waals surface area contributed by atoms with Crippen LogP contribution in [0.1, 0.15) is 12.8 Å². The lowest BCUT2D eigenvalue weighted by Crippen LogP contribution is -2.20. The van der Waals surface area contributed by atoms with E-state index in [4.69, 9.17) is 5.84 Å². The maximum atomic E-state index is 5.30. The molecule has 1 heterocycles. The largest absolute Gasteiger partial charge is 0.374 e. The molecule has 14 heavy (non-hydrogen) atoms. The highest BCUT2D eigenvalue weighted by molar-refractivity contribution is 5.52. The van der Waals surface area contributed by atoms with Crippen LogP contribution in [0.15, 0.2) is 18.3 Å². The molecule has 2 rings (SSSR count). The number of aromatic nitrogens is 1. The van der Waals surface area contributed by atoms with Gasteiger partial charge in [0.2, 0.25) is 0 Å². The van der Waals surface area contributed by atoms with Gasteiger partial charge in [0.05, 0.1) is 0 Å². The van der Waals surface area contributed by atoms with Crippen LogP contribution in [0.3, 0.4) is 0 Å². The Morgan fingerprint density at radius 2 is 2.43 bits per heavy atom. The molecule has 1 fully saturated rings. The maximum Gasteiger partial charge on any atom is 0.141 e. The SMILES string of the molecule is CN(CC1CC1)c1ccnc(NN)c1. The van der Waals surface area contributed by atoms with Gasteiger partial charge in [0.15, 0.2) is 0 Å². The van der Waals surface area contributed by atoms with Gasteiger partial charge in [0, 0.05) is 31.5 Å². The van der Waals surface area contributed by atoms with Crippen molar-refractivity contribution in [3.05, 3.63) is 18.3 Å². The molecule has 0 bridgehead atoms. The van der Waals surface area contributed by atoms with Gasteiger partial charge in [-0.25, -0.2) is 10.8 Å². The fraction of sp³-hybridized carbons (Fsp3) is 0.500. The van der Waals surface area contributed by atoms with Crippen molar-refractivity contribution < 1.29 is 0 Å². The molecule has 0 atom stereocenters. The van der Waals surface area contributed by atoms with E-state index in [-0.39, 0.29) is 0 Å². The lowest BCUT2D eigenvalue weighted by Gasteiger charge is -2.19. The van der Waals surface area contributed by atoms with Gasteiger partial charge in [-0.1, -0.05) is 0 Å². The molecule has 0 unspecified atom stereocenters. The third-order valence-corrected chi connectivity index (χ3v) is 2.56. The minimum Gasteiger partial charge on any atom is -0.374 e. The van der Waals surface area contributed by atoms with Crippen LogP contribution >= 0.6 is 0 Å². The lowest BCUT2D eigenvalue weighted by atomic mass is 10.3. The van der Waals surface area contributed by atoms with E-state index in [1.54, 1.807) is 6.20 Å². The zero-order valence-electron chi connectivity index (χ0n) is 8.40. The second kappa shape index (κ2) is 3.84. The number of nitrogens with two attached hydrogens (primary N) is 1. The highest BCUT2D eigenvalue weighted by atomic mass is 15.2. The van der Waals surface area contributed by atoms with Gasteiger partial charge in [-0.2, -0.15) is 0 Å². The molecule has 0 saturated heterocycles. The Labute approximate surface area is 84.1 Å². The summed E-state index contributed by atoms with van der Waals surface area (Å²) >= 11 is 0. The molecule has 1 aliphatic rings. The van der Waals surface area contributed by atoms with Crippen molar-refractivity contribution in [3.63, 3.8) is 0 Å². The minimum atomic E-state index is 0.713. The molecule has 4 nitrogen and oxygen atoms in total. The van der Waals surface area contributed by atoms with E-state index in [2.05, 4.69) is 22.4 Å². The molecule has 4 heteroatoms. The molecular weight excluding hydrogens is 176 g/mol. The van der Waals surface area contributed by atoms with Crippen LogP contribution in [-0.2, 0) is 0 Å². The van der Waals surface area contributed by atoms with Crippen LogP contribution in [0.4, 0.5) is 11.5 Å². The first-order valence-corrected chi connectivity index (χ1v) is 4.93. The van der Waals surface area contributed by atoms with Crippen molar-refractivity contribution in [1.82, 2.24) is 4.98 Å². The van der Waals surface area contributed by atoms with E-state index >= 15 is 0 Å². The number of pyridine rings is 1. The molecule has 1 saturated carbocycles. The lowest BCUT2D eigenvalue weighted by molar-refractivity contribution is 0.787.